The highest BCUT2D eigenvalue weighted by atomic mass is 35.5. The van der Waals surface area contributed by atoms with E-state index in [1.54, 1.807) is 49.6 Å². The predicted molar refractivity (Wildman–Crippen MR) is 116 cm³/mol. The fourth-order valence-corrected chi connectivity index (χ4v) is 4.02. The quantitative estimate of drug-likeness (QED) is 0.477. The van der Waals surface area contributed by atoms with Crippen molar-refractivity contribution < 1.29 is 9.53 Å². The second kappa shape index (κ2) is 8.17. The van der Waals surface area contributed by atoms with E-state index in [1.807, 2.05) is 6.07 Å². The highest BCUT2D eigenvalue weighted by Crippen LogP contribution is 2.32. The highest BCUT2D eigenvalue weighted by molar-refractivity contribution is 7.99. The fraction of sp³-hybridized carbons (Fsp3) is 0.0476. The van der Waals surface area contributed by atoms with Gasteiger partial charge in [0, 0.05) is 12.3 Å². The molecule has 0 saturated carbocycles. The average Bonchev–Trinajstić information content (AvgIpc) is 2.75. The summed E-state index contributed by atoms with van der Waals surface area (Å²) in [6.07, 6.45) is 1.34. The first-order valence-corrected chi connectivity index (χ1v) is 9.97. The number of carbonyl (C=O) groups is 1. The monoisotopic (exact) mass is 438 g/mol. The first kappa shape index (κ1) is 19.9. The molecular weight excluding hydrogens is 424 g/mol. The summed E-state index contributed by atoms with van der Waals surface area (Å²) in [5.74, 6) is -0.0245. The summed E-state index contributed by atoms with van der Waals surface area (Å²) in [5, 5.41) is 1.47. The Morgan fingerprint density at radius 1 is 1.17 bits per heavy atom. The van der Waals surface area contributed by atoms with Crippen LogP contribution >= 0.6 is 23.4 Å². The molecule has 0 spiro atoms. The molecule has 0 aliphatic heterocycles. The van der Waals surface area contributed by atoms with Crippen molar-refractivity contribution in [1.82, 2.24) is 14.5 Å². The SMILES string of the molecule is COc1cccc(-n2c(Sc3ncc(C(N)=O)cc3Cl)nc3ccccc3c2=O)c1. The maximum atomic E-state index is 13.3. The van der Waals surface area contributed by atoms with Crippen molar-refractivity contribution in [3.05, 3.63) is 81.7 Å². The normalized spacial score (nSPS) is 10.9. The van der Waals surface area contributed by atoms with Crippen molar-refractivity contribution in [3.63, 3.8) is 0 Å². The van der Waals surface area contributed by atoms with Crippen LogP contribution in [0.1, 0.15) is 10.4 Å². The zero-order valence-corrected chi connectivity index (χ0v) is 17.3. The number of primary amides is 1. The zero-order chi connectivity index (χ0) is 21.3. The van der Waals surface area contributed by atoms with Gasteiger partial charge in [0.15, 0.2) is 5.16 Å². The van der Waals surface area contributed by atoms with E-state index in [0.717, 1.165) is 11.8 Å². The second-order valence-corrected chi connectivity index (χ2v) is 7.59. The summed E-state index contributed by atoms with van der Waals surface area (Å²) < 4.78 is 6.78. The third kappa shape index (κ3) is 3.74. The summed E-state index contributed by atoms with van der Waals surface area (Å²) in [4.78, 5) is 33.6. The van der Waals surface area contributed by atoms with Gasteiger partial charge in [-0.1, -0.05) is 29.8 Å². The van der Waals surface area contributed by atoms with E-state index in [1.165, 1.54) is 16.8 Å². The van der Waals surface area contributed by atoms with Crippen LogP contribution in [0, 0.1) is 0 Å². The van der Waals surface area contributed by atoms with Gasteiger partial charge >= 0.3 is 0 Å². The Balaban J connectivity index is 1.92. The number of nitrogens with two attached hydrogens (primary N) is 1. The van der Waals surface area contributed by atoms with Crippen LogP contribution < -0.4 is 16.0 Å². The molecule has 4 aromatic rings. The van der Waals surface area contributed by atoms with Crippen molar-refractivity contribution in [2.75, 3.05) is 7.11 Å². The molecule has 4 rings (SSSR count). The van der Waals surface area contributed by atoms with Crippen molar-refractivity contribution in [2.24, 2.45) is 5.73 Å². The minimum Gasteiger partial charge on any atom is -0.497 e. The lowest BCUT2D eigenvalue weighted by molar-refractivity contribution is 0.1000. The molecule has 0 bridgehead atoms. The number of aromatic nitrogens is 3. The smallest absolute Gasteiger partial charge is 0.266 e. The van der Waals surface area contributed by atoms with Gasteiger partial charge in [-0.3, -0.25) is 14.2 Å². The summed E-state index contributed by atoms with van der Waals surface area (Å²) >= 11 is 7.42. The number of carbonyl (C=O) groups excluding carboxylic acids is 1. The Bertz CT molecular complexity index is 1340. The number of hydrogen-bond donors (Lipinski definition) is 1. The topological polar surface area (TPSA) is 100 Å². The lowest BCUT2D eigenvalue weighted by atomic mass is 10.2. The molecular formula is C21H15ClN4O3S. The number of benzene rings is 2. The van der Waals surface area contributed by atoms with Crippen LogP contribution in [-0.4, -0.2) is 27.6 Å². The van der Waals surface area contributed by atoms with Gasteiger partial charge in [-0.2, -0.15) is 0 Å². The molecule has 2 N–H and O–H groups in total. The van der Waals surface area contributed by atoms with Gasteiger partial charge in [-0.25, -0.2) is 9.97 Å². The van der Waals surface area contributed by atoms with E-state index < -0.39 is 5.91 Å². The molecule has 9 heteroatoms. The number of ether oxygens (including phenoxy) is 1. The van der Waals surface area contributed by atoms with Crippen LogP contribution in [0.3, 0.4) is 0 Å². The van der Waals surface area contributed by atoms with Crippen LogP contribution in [-0.2, 0) is 0 Å². The van der Waals surface area contributed by atoms with Crippen molar-refractivity contribution in [2.45, 2.75) is 10.2 Å². The molecule has 0 unspecified atom stereocenters. The number of hydrogen-bond acceptors (Lipinski definition) is 6. The Hall–Kier alpha value is -3.36. The van der Waals surface area contributed by atoms with E-state index >= 15 is 0 Å². The lowest BCUT2D eigenvalue weighted by Gasteiger charge is -2.14. The first-order valence-electron chi connectivity index (χ1n) is 8.77. The van der Waals surface area contributed by atoms with E-state index in [9.17, 15) is 9.59 Å². The van der Waals surface area contributed by atoms with Gasteiger partial charge in [-0.05, 0) is 42.1 Å². The molecule has 30 heavy (non-hydrogen) atoms. The number of halogens is 1. The summed E-state index contributed by atoms with van der Waals surface area (Å²) in [7, 11) is 1.56. The minimum absolute atomic E-state index is 0.195. The highest BCUT2D eigenvalue weighted by Gasteiger charge is 2.17. The molecule has 0 saturated heterocycles. The largest absolute Gasteiger partial charge is 0.497 e. The second-order valence-electron chi connectivity index (χ2n) is 6.23. The molecule has 1 amide bonds. The van der Waals surface area contributed by atoms with Gasteiger partial charge < -0.3 is 10.5 Å². The number of nitrogens with zero attached hydrogens (tertiary/aromatic N) is 3. The van der Waals surface area contributed by atoms with Gasteiger partial charge in [0.1, 0.15) is 10.8 Å². The number of amides is 1. The van der Waals surface area contributed by atoms with Gasteiger partial charge in [-0.15, -0.1) is 0 Å². The molecule has 150 valence electrons. The van der Waals surface area contributed by atoms with Crippen LogP contribution in [0.25, 0.3) is 16.6 Å². The number of pyridine rings is 1. The number of methoxy groups -OCH3 is 1. The molecule has 0 aliphatic rings. The molecule has 0 atom stereocenters. The van der Waals surface area contributed by atoms with Crippen LogP contribution in [0.2, 0.25) is 5.02 Å². The maximum absolute atomic E-state index is 13.3. The Labute approximate surface area is 180 Å². The number of rotatable bonds is 5. The van der Waals surface area contributed by atoms with Gasteiger partial charge in [0.05, 0.1) is 34.3 Å². The third-order valence-electron chi connectivity index (χ3n) is 4.34. The van der Waals surface area contributed by atoms with Crippen molar-refractivity contribution in [1.29, 1.82) is 0 Å². The van der Waals surface area contributed by atoms with Gasteiger partial charge in [0.2, 0.25) is 5.91 Å². The minimum atomic E-state index is -0.627. The van der Waals surface area contributed by atoms with Gasteiger partial charge in [0.25, 0.3) is 5.56 Å². The lowest BCUT2D eigenvalue weighted by Crippen LogP contribution is -2.21. The zero-order valence-electron chi connectivity index (χ0n) is 15.7. The summed E-state index contributed by atoms with van der Waals surface area (Å²) in [6, 6.07) is 15.6. The Morgan fingerprint density at radius 2 is 1.97 bits per heavy atom. The van der Waals surface area contributed by atoms with Crippen LogP contribution in [0.5, 0.6) is 5.75 Å². The van der Waals surface area contributed by atoms with Crippen LogP contribution in [0.4, 0.5) is 0 Å². The average molecular weight is 439 g/mol. The Morgan fingerprint density at radius 3 is 2.70 bits per heavy atom. The molecule has 0 aliphatic carbocycles. The standard InChI is InChI=1S/C21H15ClN4O3S/c1-29-14-6-4-5-13(10-14)26-20(28)15-7-2-3-8-17(15)25-21(26)30-19-16(22)9-12(11-24-19)18(23)27/h2-11H,1H3,(H2,23,27). The number of fused-ring (bicyclic) bond motifs is 1. The van der Waals surface area contributed by atoms with E-state index in [2.05, 4.69) is 9.97 Å². The summed E-state index contributed by atoms with van der Waals surface area (Å²) in [5.41, 5.74) is 6.38. The third-order valence-corrected chi connectivity index (χ3v) is 5.71. The van der Waals surface area contributed by atoms with Crippen molar-refractivity contribution in [3.8, 4) is 11.4 Å². The molecule has 2 heterocycles. The summed E-state index contributed by atoms with van der Waals surface area (Å²) in [6.45, 7) is 0. The Kier molecular flexibility index (Phi) is 5.43. The first-order chi connectivity index (χ1) is 14.5. The van der Waals surface area contributed by atoms with E-state index in [4.69, 9.17) is 22.1 Å². The fourth-order valence-electron chi connectivity index (χ4n) is 2.88. The molecule has 0 fully saturated rings. The molecule has 2 aromatic heterocycles. The predicted octanol–water partition coefficient (Wildman–Crippen LogP) is 3.69. The maximum Gasteiger partial charge on any atom is 0.266 e. The van der Waals surface area contributed by atoms with Crippen molar-refractivity contribution >= 4 is 40.2 Å². The van der Waals surface area contributed by atoms with E-state index in [0.29, 0.717) is 32.5 Å². The molecule has 2 aromatic carbocycles. The molecule has 7 nitrogen and oxygen atoms in total. The number of para-hydroxylation sites is 1. The molecule has 0 radical (unpaired) electrons. The van der Waals surface area contributed by atoms with E-state index in [-0.39, 0.29) is 16.1 Å². The van der Waals surface area contributed by atoms with Crippen LogP contribution in [0.15, 0.2) is 75.8 Å².